The monoisotopic (exact) mass is 1100 g/mol. The van der Waals surface area contributed by atoms with Crippen LogP contribution >= 0.6 is 0 Å². The van der Waals surface area contributed by atoms with Crippen LogP contribution in [0.3, 0.4) is 0 Å². The predicted octanol–water partition coefficient (Wildman–Crippen LogP) is 15.0. The number of para-hydroxylation sites is 3. The van der Waals surface area contributed by atoms with Crippen LogP contribution in [0.25, 0.3) is 83.4 Å². The van der Waals surface area contributed by atoms with Crippen molar-refractivity contribution in [3.63, 3.8) is 0 Å². The van der Waals surface area contributed by atoms with Gasteiger partial charge in [-0.1, -0.05) is 57.2 Å². The maximum atomic E-state index is 13.3. The van der Waals surface area contributed by atoms with Crippen molar-refractivity contribution in [3.05, 3.63) is 220 Å². The van der Waals surface area contributed by atoms with E-state index in [-0.39, 0.29) is 58.4 Å². The standard InChI is InChI=1S/C63H48N4O2.Pt/c1-41-34-60(64-39-55(41)43-26-28-46(29-27-43)63(2,3)4)67-56-23-12-11-22-52(56)53-33-31-50(38-59(53)67)69-49-21-15-20-47(37-49)65-40-66(58-25-14-13-24-57(58)65)62-54(42-16-7-5-8-17-42)36-45-35-48(68)30-32-51(45)61(62)44-18-9-6-10-19-44;/h5-29,31,33-34,36,39H,30,32,35H2,1-4H3;/q-2;/i5D,6D,7D,8D,9D,10D,16D,17D,18D,19D;. The summed E-state index contributed by atoms with van der Waals surface area (Å²) in [6, 6.07) is 38.9. The Morgan fingerprint density at radius 1 is 0.657 bits per heavy atom. The summed E-state index contributed by atoms with van der Waals surface area (Å²) in [6.45, 7) is 8.71. The molecule has 70 heavy (non-hydrogen) atoms. The summed E-state index contributed by atoms with van der Waals surface area (Å²) in [6.07, 6.45) is 2.11. The zero-order valence-electron chi connectivity index (χ0n) is 48.6. The number of ether oxygens (including phenoxy) is 1. The van der Waals surface area contributed by atoms with Crippen molar-refractivity contribution in [2.45, 2.75) is 52.4 Å². The first-order valence-corrected chi connectivity index (χ1v) is 24.1. The van der Waals surface area contributed by atoms with Gasteiger partial charge < -0.3 is 0 Å². The van der Waals surface area contributed by atoms with E-state index >= 15 is 0 Å². The van der Waals surface area contributed by atoms with Gasteiger partial charge in [0.05, 0.1) is 0 Å². The van der Waals surface area contributed by atoms with Crippen LogP contribution in [0.4, 0.5) is 0 Å². The van der Waals surface area contributed by atoms with Crippen molar-refractivity contribution in [2.24, 2.45) is 0 Å². The van der Waals surface area contributed by atoms with Crippen LogP contribution in [0.1, 0.15) is 63.2 Å². The van der Waals surface area contributed by atoms with Crippen molar-refractivity contribution in [1.82, 2.24) is 18.7 Å². The van der Waals surface area contributed by atoms with Crippen molar-refractivity contribution in [2.75, 3.05) is 0 Å². The molecule has 1 aliphatic carbocycles. The fourth-order valence-corrected chi connectivity index (χ4v) is 10.9. The zero-order chi connectivity index (χ0) is 56.4. The van der Waals surface area contributed by atoms with E-state index in [2.05, 4.69) is 106 Å². The van der Waals surface area contributed by atoms with Crippen molar-refractivity contribution in [3.8, 4) is 62.1 Å². The molecule has 344 valence electrons. The Hall–Kier alpha value is -7.66. The number of hydrogen-bond acceptors (Lipinski definition) is 3. The summed E-state index contributed by atoms with van der Waals surface area (Å²) < 4.78 is 103. The summed E-state index contributed by atoms with van der Waals surface area (Å²) in [7, 11) is 0. The Labute approximate surface area is 432 Å². The van der Waals surface area contributed by atoms with Crippen LogP contribution in [0.15, 0.2) is 182 Å². The van der Waals surface area contributed by atoms with Crippen molar-refractivity contribution in [1.29, 1.82) is 0 Å². The third-order valence-corrected chi connectivity index (χ3v) is 14.2. The minimum absolute atomic E-state index is 0.0333. The first-order valence-electron chi connectivity index (χ1n) is 28.0. The first kappa shape index (κ1) is 33.8. The van der Waals surface area contributed by atoms with Crippen LogP contribution < -0.4 is 4.74 Å². The van der Waals surface area contributed by atoms with Gasteiger partial charge in [0.15, 0.2) is 0 Å². The number of Topliss-reactive ketones (excluding diaryl/α,β-unsaturated/α-hetero) is 1. The van der Waals surface area contributed by atoms with E-state index in [1.807, 2.05) is 76.0 Å². The molecule has 0 fully saturated rings. The predicted molar refractivity (Wildman–Crippen MR) is 279 cm³/mol. The molecule has 0 saturated carbocycles. The fraction of sp³-hybridized carbons (Fsp3) is 0.127. The van der Waals surface area contributed by atoms with Gasteiger partial charge in [0.2, 0.25) is 0 Å². The molecule has 0 radical (unpaired) electrons. The van der Waals surface area contributed by atoms with E-state index in [9.17, 15) is 10.3 Å². The number of carbonyl (C=O) groups is 1. The molecule has 0 bridgehead atoms. The second-order valence-electron chi connectivity index (χ2n) is 18.5. The molecule has 0 N–H and O–H groups in total. The normalized spacial score (nSPS) is 14.8. The van der Waals surface area contributed by atoms with E-state index in [1.54, 1.807) is 12.1 Å². The van der Waals surface area contributed by atoms with E-state index < -0.39 is 60.4 Å². The molecule has 0 amide bonds. The van der Waals surface area contributed by atoms with Gasteiger partial charge in [0.1, 0.15) is 0 Å². The molecule has 0 atom stereocenters. The molecule has 1 aliphatic rings. The number of fused-ring (bicyclic) bond motifs is 5. The quantitative estimate of drug-likeness (QED) is 0.143. The molecule has 0 spiro atoms. The molecular weight excluding hydrogens is 1040 g/mol. The maximum absolute atomic E-state index is 13.3. The molecule has 11 aromatic rings. The van der Waals surface area contributed by atoms with Crippen LogP contribution in [-0.4, -0.2) is 24.5 Å². The molecule has 6 nitrogen and oxygen atoms in total. The Morgan fingerprint density at radius 2 is 1.34 bits per heavy atom. The van der Waals surface area contributed by atoms with Crippen LogP contribution in [0.5, 0.6) is 11.5 Å². The Kier molecular flexibility index (Phi) is 8.39. The van der Waals surface area contributed by atoms with Gasteiger partial charge in [0, 0.05) is 11.8 Å². The van der Waals surface area contributed by atoms with E-state index in [4.69, 9.17) is 17.9 Å². The van der Waals surface area contributed by atoms with Gasteiger partial charge in [0.25, 0.3) is 0 Å². The topological polar surface area (TPSA) is 54.0 Å². The fourth-order valence-electron chi connectivity index (χ4n) is 9.81. The number of aromatic nitrogens is 4. The number of hydrogen-bond donors (Lipinski definition) is 0. The minimum atomic E-state index is -0.601. The van der Waals surface area contributed by atoms with E-state index in [0.29, 0.717) is 43.2 Å². The molecule has 3 heterocycles. The van der Waals surface area contributed by atoms with Gasteiger partial charge in [-0.05, 0) is 29.0 Å². The molecule has 12 rings (SSSR count). The summed E-state index contributed by atoms with van der Waals surface area (Å²) in [5.74, 6) is 1.40. The zero-order valence-corrected chi connectivity index (χ0v) is 40.9. The second-order valence-corrected chi connectivity index (χ2v) is 19.5. The number of imidazole rings is 1. The number of nitrogens with zero attached hydrogens (tertiary/aromatic N) is 4. The van der Waals surface area contributed by atoms with Gasteiger partial charge in [-0.3, -0.25) is 0 Å². The Bertz CT molecular complexity index is 4480. The van der Waals surface area contributed by atoms with Crippen LogP contribution in [0, 0.1) is 22.9 Å². The van der Waals surface area contributed by atoms with Gasteiger partial charge in [-0.25, -0.2) is 0 Å². The number of ketones is 1. The number of benzene rings is 8. The van der Waals surface area contributed by atoms with Gasteiger partial charge >= 0.3 is 336 Å². The average molecular weight is 1100 g/mol. The molecule has 8 aromatic carbocycles. The number of carbonyl (C=O) groups excluding carboxylic acids is 1. The van der Waals surface area contributed by atoms with Crippen molar-refractivity contribution < 1.29 is 42.6 Å². The summed E-state index contributed by atoms with van der Waals surface area (Å²) in [4.78, 5) is 18.3. The molecule has 0 aliphatic heterocycles. The third kappa shape index (κ3) is 7.59. The average Bonchev–Trinajstić information content (AvgIpc) is 4.09. The number of pyridine rings is 1. The molecule has 0 unspecified atom stereocenters. The molecule has 0 saturated heterocycles. The summed E-state index contributed by atoms with van der Waals surface area (Å²) in [5, 5.41) is 1.99. The first-order chi connectivity index (χ1) is 38.2. The summed E-state index contributed by atoms with van der Waals surface area (Å²) in [5.41, 5.74) is 9.13. The van der Waals surface area contributed by atoms with Crippen molar-refractivity contribution >= 4 is 38.6 Å². The Morgan fingerprint density at radius 3 is 2.07 bits per heavy atom. The summed E-state index contributed by atoms with van der Waals surface area (Å²) >= 11 is 2.15. The van der Waals surface area contributed by atoms with Gasteiger partial charge in [-0.15, -0.1) is 0 Å². The molecular formula is C63H48N4O2Pt-2. The Balaban J connectivity index is 1.03. The van der Waals surface area contributed by atoms with Crippen LogP contribution in [0.2, 0.25) is 0 Å². The SMILES string of the molecule is [2H]c1c([2H])c([2H])c(-c2cc3c(c(-c4c([2H])c([2H])c([2H])c([2H])c4[2H])c2-n2[c](=[Pt])n(-c4[c-]c(Oc5[c-]c6c(cc5)c5ccccc5n6-c5cc(C)c(-c6ccc(C(C)(C)C)cc6)cn5)ccc4)c4ccccc42)CCC(=O)C3)c([2H])c1[2H]. The number of aryl methyl sites for hydroxylation is 1. The molecule has 7 heteroatoms. The van der Waals surface area contributed by atoms with E-state index in [0.717, 1.165) is 44.3 Å². The van der Waals surface area contributed by atoms with Gasteiger partial charge in [-0.2, -0.15) is 0 Å². The second kappa shape index (κ2) is 17.4. The number of rotatable bonds is 8. The van der Waals surface area contributed by atoms with Crippen LogP contribution in [-0.2, 0) is 42.4 Å². The van der Waals surface area contributed by atoms with E-state index in [1.165, 1.54) is 5.56 Å². The third-order valence-electron chi connectivity index (χ3n) is 13.1. The molecule has 3 aromatic heterocycles.